The summed E-state index contributed by atoms with van der Waals surface area (Å²) in [6.07, 6.45) is 0.783. The van der Waals surface area contributed by atoms with Crippen LogP contribution in [-0.4, -0.2) is 27.0 Å². The molecule has 0 saturated carbocycles. The van der Waals surface area contributed by atoms with Gasteiger partial charge in [0, 0.05) is 10.9 Å². The molecule has 0 aliphatic rings. The largest absolute Gasteiger partial charge is 0.504 e. The summed E-state index contributed by atoms with van der Waals surface area (Å²) in [4.78, 5) is 12.1. The molecule has 0 saturated heterocycles. The van der Waals surface area contributed by atoms with Gasteiger partial charge in [-0.2, -0.15) is 0 Å². The van der Waals surface area contributed by atoms with Crippen LogP contribution in [0.4, 0.5) is 0 Å². The Balaban J connectivity index is 2.73. The van der Waals surface area contributed by atoms with E-state index in [4.69, 9.17) is 0 Å². The first-order valence-electron chi connectivity index (χ1n) is 5.37. The molecule has 0 aliphatic carbocycles. The SMILES string of the molecule is CC(Br)CC(C)NC(=O)c1cccc(O)c1O. The zero-order valence-electron chi connectivity index (χ0n) is 9.77. The van der Waals surface area contributed by atoms with Crippen LogP contribution in [0.1, 0.15) is 30.6 Å². The number of phenols is 2. The molecule has 17 heavy (non-hydrogen) atoms. The summed E-state index contributed by atoms with van der Waals surface area (Å²) < 4.78 is 0. The first kappa shape index (κ1) is 13.8. The van der Waals surface area contributed by atoms with Crippen LogP contribution >= 0.6 is 15.9 Å². The third-order valence-corrected chi connectivity index (χ3v) is 2.69. The van der Waals surface area contributed by atoms with Crippen LogP contribution in [-0.2, 0) is 0 Å². The van der Waals surface area contributed by atoms with E-state index in [2.05, 4.69) is 21.2 Å². The van der Waals surface area contributed by atoms with Crippen LogP contribution in [0.25, 0.3) is 0 Å². The Morgan fingerprint density at radius 1 is 1.41 bits per heavy atom. The molecule has 1 aromatic rings. The van der Waals surface area contributed by atoms with Crippen molar-refractivity contribution in [2.45, 2.75) is 31.1 Å². The molecule has 2 unspecified atom stereocenters. The third-order valence-electron chi connectivity index (χ3n) is 2.32. The number of para-hydroxylation sites is 1. The Morgan fingerprint density at radius 2 is 2.06 bits per heavy atom. The fourth-order valence-corrected chi connectivity index (χ4v) is 2.12. The molecule has 1 aromatic carbocycles. The van der Waals surface area contributed by atoms with Gasteiger partial charge in [0.25, 0.3) is 5.91 Å². The van der Waals surface area contributed by atoms with Crippen LogP contribution in [0.3, 0.4) is 0 Å². The van der Waals surface area contributed by atoms with Gasteiger partial charge in [-0.1, -0.05) is 28.9 Å². The number of aromatic hydroxyl groups is 2. The molecule has 1 amide bonds. The van der Waals surface area contributed by atoms with Crippen molar-refractivity contribution in [3.05, 3.63) is 23.8 Å². The highest BCUT2D eigenvalue weighted by Crippen LogP contribution is 2.28. The van der Waals surface area contributed by atoms with Crippen LogP contribution in [0.2, 0.25) is 0 Å². The molecule has 1 rings (SSSR count). The van der Waals surface area contributed by atoms with Gasteiger partial charge in [-0.3, -0.25) is 4.79 Å². The normalized spacial score (nSPS) is 14.1. The van der Waals surface area contributed by atoms with E-state index >= 15 is 0 Å². The van der Waals surface area contributed by atoms with Crippen molar-refractivity contribution in [3.63, 3.8) is 0 Å². The zero-order valence-corrected chi connectivity index (χ0v) is 11.4. The minimum absolute atomic E-state index is 0.0152. The number of hydrogen-bond acceptors (Lipinski definition) is 3. The number of carbonyl (C=O) groups excluding carboxylic acids is 1. The van der Waals surface area contributed by atoms with Crippen molar-refractivity contribution in [3.8, 4) is 11.5 Å². The molecule has 94 valence electrons. The predicted octanol–water partition coefficient (Wildman–Crippen LogP) is 2.39. The maximum atomic E-state index is 11.8. The lowest BCUT2D eigenvalue weighted by molar-refractivity contribution is 0.0935. The van der Waals surface area contributed by atoms with Gasteiger partial charge in [0.15, 0.2) is 11.5 Å². The zero-order chi connectivity index (χ0) is 13.0. The quantitative estimate of drug-likeness (QED) is 0.591. The van der Waals surface area contributed by atoms with E-state index in [1.54, 1.807) is 0 Å². The lowest BCUT2D eigenvalue weighted by Crippen LogP contribution is -2.33. The molecule has 0 aliphatic heterocycles. The van der Waals surface area contributed by atoms with Crippen LogP contribution < -0.4 is 5.32 Å². The van der Waals surface area contributed by atoms with Crippen molar-refractivity contribution in [2.75, 3.05) is 0 Å². The number of benzene rings is 1. The lowest BCUT2D eigenvalue weighted by atomic mass is 10.1. The number of nitrogens with one attached hydrogen (secondary N) is 1. The Bertz CT molecular complexity index is 407. The second-order valence-corrected chi connectivity index (χ2v) is 5.63. The molecule has 0 bridgehead atoms. The first-order valence-corrected chi connectivity index (χ1v) is 6.29. The minimum atomic E-state index is -0.390. The van der Waals surface area contributed by atoms with E-state index in [0.717, 1.165) is 6.42 Å². The number of phenolic OH excluding ortho intramolecular Hbond substituents is 2. The molecule has 4 nitrogen and oxygen atoms in total. The molecule has 0 radical (unpaired) electrons. The monoisotopic (exact) mass is 301 g/mol. The smallest absolute Gasteiger partial charge is 0.255 e. The van der Waals surface area contributed by atoms with E-state index in [9.17, 15) is 15.0 Å². The summed E-state index contributed by atoms with van der Waals surface area (Å²) in [6.45, 7) is 3.88. The summed E-state index contributed by atoms with van der Waals surface area (Å²) >= 11 is 3.41. The fourth-order valence-electron chi connectivity index (χ4n) is 1.56. The average molecular weight is 302 g/mol. The first-order chi connectivity index (χ1) is 7.91. The molecule has 5 heteroatoms. The maximum absolute atomic E-state index is 11.8. The molecule has 0 heterocycles. The maximum Gasteiger partial charge on any atom is 0.255 e. The summed E-state index contributed by atoms with van der Waals surface area (Å²) in [7, 11) is 0. The van der Waals surface area contributed by atoms with Crippen LogP contribution in [0.15, 0.2) is 18.2 Å². The molecule has 0 spiro atoms. The van der Waals surface area contributed by atoms with Gasteiger partial charge in [-0.05, 0) is 25.5 Å². The van der Waals surface area contributed by atoms with Crippen molar-refractivity contribution in [1.29, 1.82) is 0 Å². The van der Waals surface area contributed by atoms with Gasteiger partial charge in [-0.15, -0.1) is 0 Å². The Kier molecular flexibility index (Phi) is 4.81. The summed E-state index contributed by atoms with van der Waals surface area (Å²) in [6, 6.07) is 4.30. The minimum Gasteiger partial charge on any atom is -0.504 e. The van der Waals surface area contributed by atoms with Crippen molar-refractivity contribution < 1.29 is 15.0 Å². The van der Waals surface area contributed by atoms with E-state index in [-0.39, 0.29) is 29.0 Å². The van der Waals surface area contributed by atoms with Gasteiger partial charge in [0.2, 0.25) is 0 Å². The lowest BCUT2D eigenvalue weighted by Gasteiger charge is -2.15. The molecule has 0 fully saturated rings. The topological polar surface area (TPSA) is 69.6 Å². The standard InChI is InChI=1S/C12H16BrNO3/c1-7(13)6-8(2)14-12(17)9-4-3-5-10(15)11(9)16/h3-5,7-8,15-16H,6H2,1-2H3,(H,14,17). The van der Waals surface area contributed by atoms with E-state index < -0.39 is 0 Å². The second-order valence-electron chi connectivity index (χ2n) is 4.06. The molecule has 3 N–H and O–H groups in total. The van der Waals surface area contributed by atoms with E-state index in [0.29, 0.717) is 4.83 Å². The highest BCUT2D eigenvalue weighted by atomic mass is 79.9. The number of rotatable bonds is 4. The average Bonchev–Trinajstić information content (AvgIpc) is 2.20. The third kappa shape index (κ3) is 3.93. The van der Waals surface area contributed by atoms with Gasteiger partial charge < -0.3 is 15.5 Å². The Morgan fingerprint density at radius 3 is 2.65 bits per heavy atom. The van der Waals surface area contributed by atoms with Gasteiger partial charge in [0.1, 0.15) is 0 Å². The molecule has 0 aromatic heterocycles. The number of halogens is 1. The summed E-state index contributed by atoms with van der Waals surface area (Å²) in [5, 5.41) is 21.6. The van der Waals surface area contributed by atoms with E-state index in [1.807, 2.05) is 13.8 Å². The van der Waals surface area contributed by atoms with Crippen LogP contribution in [0, 0.1) is 0 Å². The van der Waals surface area contributed by atoms with Crippen LogP contribution in [0.5, 0.6) is 11.5 Å². The Labute approximate surface area is 109 Å². The highest BCUT2D eigenvalue weighted by Gasteiger charge is 2.16. The molecular weight excluding hydrogens is 286 g/mol. The fraction of sp³-hybridized carbons (Fsp3) is 0.417. The van der Waals surface area contributed by atoms with Gasteiger partial charge in [-0.25, -0.2) is 0 Å². The highest BCUT2D eigenvalue weighted by molar-refractivity contribution is 9.09. The molecular formula is C12H16BrNO3. The van der Waals surface area contributed by atoms with Crippen molar-refractivity contribution >= 4 is 21.8 Å². The van der Waals surface area contributed by atoms with Gasteiger partial charge in [0.05, 0.1) is 5.56 Å². The summed E-state index contributed by atoms with van der Waals surface area (Å²) in [5.74, 6) is -1.07. The number of alkyl halides is 1. The van der Waals surface area contributed by atoms with E-state index in [1.165, 1.54) is 18.2 Å². The second kappa shape index (κ2) is 5.91. The predicted molar refractivity (Wildman–Crippen MR) is 69.7 cm³/mol. The van der Waals surface area contributed by atoms with Gasteiger partial charge >= 0.3 is 0 Å². The Hall–Kier alpha value is -1.23. The van der Waals surface area contributed by atoms with Crippen molar-refractivity contribution in [1.82, 2.24) is 5.32 Å². The molecule has 2 atom stereocenters. The number of amides is 1. The number of carbonyl (C=O) groups is 1. The van der Waals surface area contributed by atoms with Crippen molar-refractivity contribution in [2.24, 2.45) is 0 Å². The number of hydrogen-bond donors (Lipinski definition) is 3. The summed E-state index contributed by atoms with van der Waals surface area (Å²) in [5.41, 5.74) is 0.0825.